The maximum absolute atomic E-state index is 5.97. The largest absolute Gasteiger partial charge is 0.331 e. The summed E-state index contributed by atoms with van der Waals surface area (Å²) >= 11 is 0. The molecule has 0 radical (unpaired) electrons. The zero-order chi connectivity index (χ0) is 13.1. The van der Waals surface area contributed by atoms with Crippen molar-refractivity contribution in [2.24, 2.45) is 17.6 Å². The van der Waals surface area contributed by atoms with Gasteiger partial charge in [-0.25, -0.2) is 4.98 Å². The van der Waals surface area contributed by atoms with Gasteiger partial charge in [0.2, 0.25) is 0 Å². The summed E-state index contributed by atoms with van der Waals surface area (Å²) < 4.78 is 2.38. The van der Waals surface area contributed by atoms with Crippen molar-refractivity contribution in [1.29, 1.82) is 0 Å². The minimum Gasteiger partial charge on any atom is -0.331 e. The van der Waals surface area contributed by atoms with Gasteiger partial charge in [0.1, 0.15) is 0 Å². The summed E-state index contributed by atoms with van der Waals surface area (Å²) in [6.45, 7) is 7.37. The van der Waals surface area contributed by atoms with Crippen LogP contribution in [0.5, 0.6) is 0 Å². The second-order valence-corrected chi connectivity index (χ2v) is 5.85. The molecular formula is C15H27N3. The molecule has 1 saturated carbocycles. The quantitative estimate of drug-likeness (QED) is 0.890. The van der Waals surface area contributed by atoms with Crippen molar-refractivity contribution in [3.05, 3.63) is 17.7 Å². The maximum Gasteiger partial charge on any atom is 0.0954 e. The van der Waals surface area contributed by atoms with E-state index in [9.17, 15) is 0 Å². The minimum absolute atomic E-state index is 0.571. The van der Waals surface area contributed by atoms with Crippen LogP contribution in [0.25, 0.3) is 0 Å². The third-order valence-corrected chi connectivity index (χ3v) is 4.71. The average Bonchev–Trinajstić information content (AvgIpc) is 2.70. The minimum atomic E-state index is 0.571. The van der Waals surface area contributed by atoms with E-state index in [1.54, 1.807) is 0 Å². The van der Waals surface area contributed by atoms with E-state index in [1.165, 1.54) is 37.8 Å². The fourth-order valence-corrected chi connectivity index (χ4v) is 3.43. The summed E-state index contributed by atoms with van der Waals surface area (Å²) in [5.74, 6) is 1.51. The summed E-state index contributed by atoms with van der Waals surface area (Å²) in [5.41, 5.74) is 8.44. The Hall–Kier alpha value is -0.830. The Morgan fingerprint density at radius 3 is 2.72 bits per heavy atom. The maximum atomic E-state index is 5.97. The van der Waals surface area contributed by atoms with Gasteiger partial charge in [-0.3, -0.25) is 0 Å². The third-order valence-electron chi connectivity index (χ3n) is 4.71. The molecule has 0 aliphatic heterocycles. The van der Waals surface area contributed by atoms with Crippen LogP contribution in [0.2, 0.25) is 0 Å². The van der Waals surface area contributed by atoms with Crippen molar-refractivity contribution in [2.45, 2.75) is 58.9 Å². The topological polar surface area (TPSA) is 43.8 Å². The molecule has 18 heavy (non-hydrogen) atoms. The first-order valence-electron chi connectivity index (χ1n) is 7.37. The predicted octanol–water partition coefficient (Wildman–Crippen LogP) is 3.22. The van der Waals surface area contributed by atoms with Crippen molar-refractivity contribution in [3.63, 3.8) is 0 Å². The molecule has 3 nitrogen and oxygen atoms in total. The number of aromatic nitrogens is 2. The lowest BCUT2D eigenvalue weighted by Gasteiger charge is -2.37. The second-order valence-electron chi connectivity index (χ2n) is 5.85. The second kappa shape index (κ2) is 5.87. The van der Waals surface area contributed by atoms with Gasteiger partial charge in [0.25, 0.3) is 0 Å². The molecule has 1 heterocycles. The lowest BCUT2D eigenvalue weighted by atomic mass is 9.76. The van der Waals surface area contributed by atoms with Gasteiger partial charge in [0.15, 0.2) is 0 Å². The van der Waals surface area contributed by atoms with Crippen LogP contribution in [0.3, 0.4) is 0 Å². The van der Waals surface area contributed by atoms with E-state index < -0.39 is 0 Å². The first kappa shape index (κ1) is 13.6. The number of rotatable bonds is 4. The fourth-order valence-electron chi connectivity index (χ4n) is 3.43. The highest BCUT2D eigenvalue weighted by Crippen LogP contribution is 2.39. The van der Waals surface area contributed by atoms with E-state index >= 15 is 0 Å². The molecule has 0 saturated heterocycles. The fraction of sp³-hybridized carbons (Fsp3) is 0.800. The van der Waals surface area contributed by atoms with Crippen LogP contribution in [0.15, 0.2) is 6.33 Å². The molecule has 3 unspecified atom stereocenters. The molecule has 2 N–H and O–H groups in total. The molecule has 1 aromatic heterocycles. The van der Waals surface area contributed by atoms with E-state index in [2.05, 4.69) is 30.3 Å². The van der Waals surface area contributed by atoms with E-state index in [0.29, 0.717) is 12.0 Å². The molecule has 0 bridgehead atoms. The summed E-state index contributed by atoms with van der Waals surface area (Å²) in [6.07, 6.45) is 8.60. The van der Waals surface area contributed by atoms with Crippen LogP contribution >= 0.6 is 0 Å². The zero-order valence-corrected chi connectivity index (χ0v) is 12.0. The Labute approximate surface area is 111 Å². The zero-order valence-electron chi connectivity index (χ0n) is 12.0. The van der Waals surface area contributed by atoms with E-state index in [4.69, 9.17) is 5.73 Å². The first-order valence-corrected chi connectivity index (χ1v) is 7.37. The normalized spacial score (nSPS) is 28.6. The van der Waals surface area contributed by atoms with Crippen molar-refractivity contribution in [2.75, 3.05) is 6.54 Å². The van der Waals surface area contributed by atoms with Crippen molar-refractivity contribution in [3.8, 4) is 0 Å². The van der Waals surface area contributed by atoms with Gasteiger partial charge >= 0.3 is 0 Å². The van der Waals surface area contributed by atoms with Gasteiger partial charge in [-0.2, -0.15) is 0 Å². The Bertz CT molecular complexity index is 383. The van der Waals surface area contributed by atoms with E-state index in [-0.39, 0.29) is 0 Å². The molecule has 1 fully saturated rings. The summed E-state index contributed by atoms with van der Waals surface area (Å²) in [7, 11) is 0. The molecular weight excluding hydrogens is 222 g/mol. The summed E-state index contributed by atoms with van der Waals surface area (Å²) in [6, 6.07) is 0.571. The molecule has 2 rings (SSSR count). The standard InChI is InChI=1S/C15H27N3/c1-4-5-13-6-7-14(9-16)15(8-13)18-10-17-11(2)12(18)3/h10,13-15H,4-9,16H2,1-3H3. The molecule has 1 aliphatic carbocycles. The number of nitrogens with zero attached hydrogens (tertiary/aromatic N) is 2. The number of hydrogen-bond donors (Lipinski definition) is 1. The lowest BCUT2D eigenvalue weighted by Crippen LogP contribution is -2.32. The Morgan fingerprint density at radius 1 is 1.39 bits per heavy atom. The Morgan fingerprint density at radius 2 is 2.17 bits per heavy atom. The number of imidazole rings is 1. The number of hydrogen-bond acceptors (Lipinski definition) is 2. The van der Waals surface area contributed by atoms with Crippen LogP contribution in [0.1, 0.15) is 56.5 Å². The highest BCUT2D eigenvalue weighted by Gasteiger charge is 2.31. The molecule has 3 heteroatoms. The van der Waals surface area contributed by atoms with Crippen molar-refractivity contribution >= 4 is 0 Å². The molecule has 0 spiro atoms. The predicted molar refractivity (Wildman–Crippen MR) is 75.5 cm³/mol. The molecule has 1 aromatic rings. The van der Waals surface area contributed by atoms with Crippen molar-refractivity contribution < 1.29 is 0 Å². The van der Waals surface area contributed by atoms with Crippen LogP contribution < -0.4 is 5.73 Å². The average molecular weight is 249 g/mol. The smallest absolute Gasteiger partial charge is 0.0954 e. The monoisotopic (exact) mass is 249 g/mol. The highest BCUT2D eigenvalue weighted by atomic mass is 15.1. The van der Waals surface area contributed by atoms with Gasteiger partial charge in [-0.05, 0) is 51.5 Å². The molecule has 0 aromatic carbocycles. The first-order chi connectivity index (χ1) is 8.67. The summed E-state index contributed by atoms with van der Waals surface area (Å²) in [4.78, 5) is 4.45. The number of aryl methyl sites for hydroxylation is 1. The van der Waals surface area contributed by atoms with E-state index in [1.807, 2.05) is 6.33 Å². The van der Waals surface area contributed by atoms with Crippen LogP contribution in [-0.4, -0.2) is 16.1 Å². The molecule has 0 amide bonds. The highest BCUT2D eigenvalue weighted by molar-refractivity contribution is 5.10. The summed E-state index contributed by atoms with van der Waals surface area (Å²) in [5, 5.41) is 0. The molecule has 102 valence electrons. The van der Waals surface area contributed by atoms with Gasteiger partial charge in [0.05, 0.1) is 12.0 Å². The van der Waals surface area contributed by atoms with Crippen molar-refractivity contribution in [1.82, 2.24) is 9.55 Å². The Balaban J connectivity index is 2.18. The molecule has 3 atom stereocenters. The third kappa shape index (κ3) is 2.61. The number of nitrogens with two attached hydrogens (primary N) is 1. The van der Waals surface area contributed by atoms with Gasteiger partial charge in [0, 0.05) is 11.7 Å². The lowest BCUT2D eigenvalue weighted by molar-refractivity contribution is 0.178. The van der Waals surface area contributed by atoms with Gasteiger partial charge < -0.3 is 10.3 Å². The van der Waals surface area contributed by atoms with Crippen LogP contribution in [-0.2, 0) is 0 Å². The SMILES string of the molecule is CCCC1CCC(CN)C(n2cnc(C)c2C)C1. The molecule has 1 aliphatic rings. The van der Waals surface area contributed by atoms with Crippen LogP contribution in [0.4, 0.5) is 0 Å². The van der Waals surface area contributed by atoms with Gasteiger partial charge in [-0.15, -0.1) is 0 Å². The van der Waals surface area contributed by atoms with Gasteiger partial charge in [-0.1, -0.05) is 19.8 Å². The Kier molecular flexibility index (Phi) is 4.44. The van der Waals surface area contributed by atoms with Crippen LogP contribution in [0, 0.1) is 25.7 Å². The van der Waals surface area contributed by atoms with E-state index in [0.717, 1.165) is 18.2 Å².